The Morgan fingerprint density at radius 2 is 0.925 bits per heavy atom. The molecule has 7 nitrogen and oxygen atoms in total. The van der Waals surface area contributed by atoms with Gasteiger partial charge in [-0.1, -0.05) is 180 Å². The fourth-order valence-corrected chi connectivity index (χ4v) is 6.61. The fourth-order valence-electron chi connectivity index (χ4n) is 6.61. The first-order chi connectivity index (χ1) is 26.2. The van der Waals surface area contributed by atoms with Gasteiger partial charge in [-0.25, -0.2) is 0 Å². The number of ether oxygens (including phenoxy) is 6. The summed E-state index contributed by atoms with van der Waals surface area (Å²) in [6, 6.07) is 40.1. The number of esters is 1. The Morgan fingerprint density at radius 1 is 0.509 bits per heavy atom. The van der Waals surface area contributed by atoms with Gasteiger partial charge in [-0.15, -0.1) is 0 Å². The van der Waals surface area contributed by atoms with Crippen LogP contribution < -0.4 is 0 Å². The van der Waals surface area contributed by atoms with Crippen LogP contribution in [0.15, 0.2) is 121 Å². The van der Waals surface area contributed by atoms with E-state index in [1.54, 1.807) is 0 Å². The summed E-state index contributed by atoms with van der Waals surface area (Å²) in [5.41, 5.74) is 4.08. The van der Waals surface area contributed by atoms with Crippen molar-refractivity contribution in [2.24, 2.45) is 0 Å². The molecule has 5 rings (SSSR count). The van der Waals surface area contributed by atoms with E-state index in [9.17, 15) is 4.79 Å². The van der Waals surface area contributed by atoms with Crippen molar-refractivity contribution in [2.45, 2.75) is 128 Å². The first-order valence-corrected chi connectivity index (χ1v) is 19.6. The number of carbonyl (C=O) groups excluding carboxylic acids is 1. The molecule has 4 aromatic carbocycles. The lowest BCUT2D eigenvalue weighted by atomic mass is 9.97. The summed E-state index contributed by atoms with van der Waals surface area (Å²) in [7, 11) is 0. The lowest BCUT2D eigenvalue weighted by molar-refractivity contribution is -0.320. The maximum absolute atomic E-state index is 13.5. The van der Waals surface area contributed by atoms with Gasteiger partial charge in [0.25, 0.3) is 0 Å². The van der Waals surface area contributed by atoms with Gasteiger partial charge in [0.1, 0.15) is 24.4 Å². The maximum atomic E-state index is 13.5. The standard InChI is InChI=1S/C46H58O7/c1-2-3-4-5-6-7-8-9-22-31-42(47)53-46-45(51-35-40-29-20-13-21-30-40)44(50-34-39-27-18-12-19-28-39)43(49-33-38-25-16-11-17-26-38)41(52-46)36-48-32-37-23-14-10-15-24-37/h10-21,23-30,41,43-46H,2-9,22,31-36H2,1H3/t41-,43-,44+,45-,46-/m1/s1. The highest BCUT2D eigenvalue weighted by atomic mass is 16.7. The molecular weight excluding hydrogens is 664 g/mol. The van der Waals surface area contributed by atoms with Crippen molar-refractivity contribution >= 4 is 5.97 Å². The number of unbranched alkanes of at least 4 members (excludes halogenated alkanes) is 8. The molecule has 0 aromatic heterocycles. The average Bonchev–Trinajstić information content (AvgIpc) is 3.20. The molecule has 1 saturated heterocycles. The molecule has 0 spiro atoms. The predicted octanol–water partition coefficient (Wildman–Crippen LogP) is 10.1. The van der Waals surface area contributed by atoms with Gasteiger partial charge >= 0.3 is 5.97 Å². The van der Waals surface area contributed by atoms with Gasteiger partial charge in [0.2, 0.25) is 6.29 Å². The SMILES string of the molecule is CCCCCCCCCCCC(=O)O[C@H]1O[C@H](COCc2ccccc2)[C@@H](OCc2ccccc2)[C@H](OCc2ccccc2)[C@H]1OCc1ccccc1. The minimum atomic E-state index is -1.02. The molecule has 1 fully saturated rings. The van der Waals surface area contributed by atoms with Crippen molar-refractivity contribution in [3.05, 3.63) is 144 Å². The first kappa shape index (κ1) is 40.3. The molecule has 0 unspecified atom stereocenters. The summed E-state index contributed by atoms with van der Waals surface area (Å²) in [5.74, 6) is -0.305. The van der Waals surface area contributed by atoms with Crippen LogP contribution in [0.2, 0.25) is 0 Å². The zero-order valence-electron chi connectivity index (χ0n) is 31.4. The molecule has 5 atom stereocenters. The van der Waals surface area contributed by atoms with E-state index in [0.717, 1.165) is 41.5 Å². The highest BCUT2D eigenvalue weighted by molar-refractivity contribution is 5.69. The smallest absolute Gasteiger partial charge is 0.308 e. The van der Waals surface area contributed by atoms with Crippen LogP contribution in [-0.4, -0.2) is 43.3 Å². The van der Waals surface area contributed by atoms with Crippen LogP contribution >= 0.6 is 0 Å². The molecule has 4 aromatic rings. The Labute approximate surface area is 316 Å². The summed E-state index contributed by atoms with van der Waals surface area (Å²) < 4.78 is 39.2. The van der Waals surface area contributed by atoms with Crippen LogP contribution in [0.5, 0.6) is 0 Å². The molecule has 1 aliphatic rings. The zero-order valence-corrected chi connectivity index (χ0v) is 31.4. The quantitative estimate of drug-likeness (QED) is 0.0527. The van der Waals surface area contributed by atoms with Gasteiger partial charge in [-0.05, 0) is 28.7 Å². The minimum absolute atomic E-state index is 0.206. The highest BCUT2D eigenvalue weighted by Crippen LogP contribution is 2.32. The monoisotopic (exact) mass is 722 g/mol. The molecule has 1 heterocycles. The molecule has 284 valence electrons. The fraction of sp³-hybridized carbons (Fsp3) is 0.457. The Hall–Kier alpha value is -3.85. The Morgan fingerprint density at radius 3 is 1.42 bits per heavy atom. The minimum Gasteiger partial charge on any atom is -0.433 e. The topological polar surface area (TPSA) is 72.5 Å². The normalized spacial score (nSPS) is 19.9. The number of hydrogen-bond acceptors (Lipinski definition) is 7. The number of benzene rings is 4. The van der Waals surface area contributed by atoms with Crippen molar-refractivity contribution in [1.82, 2.24) is 0 Å². The van der Waals surface area contributed by atoms with Crippen LogP contribution in [0.1, 0.15) is 93.4 Å². The third-order valence-corrected chi connectivity index (χ3v) is 9.57. The van der Waals surface area contributed by atoms with E-state index in [4.69, 9.17) is 28.4 Å². The second kappa shape index (κ2) is 23.7. The van der Waals surface area contributed by atoms with Gasteiger partial charge in [0, 0.05) is 6.42 Å². The molecular formula is C46H58O7. The summed E-state index contributed by atoms with van der Waals surface area (Å²) in [4.78, 5) is 13.5. The molecule has 0 radical (unpaired) electrons. The number of hydrogen-bond donors (Lipinski definition) is 0. The largest absolute Gasteiger partial charge is 0.433 e. The van der Waals surface area contributed by atoms with Gasteiger partial charge in [-0.3, -0.25) is 4.79 Å². The Bertz CT molecular complexity index is 1520. The summed E-state index contributed by atoms with van der Waals surface area (Å²) >= 11 is 0. The lowest BCUT2D eigenvalue weighted by Crippen LogP contribution is -2.62. The van der Waals surface area contributed by atoms with E-state index >= 15 is 0 Å². The van der Waals surface area contributed by atoms with Crippen LogP contribution in [-0.2, 0) is 59.6 Å². The van der Waals surface area contributed by atoms with Crippen LogP contribution in [0.4, 0.5) is 0 Å². The van der Waals surface area contributed by atoms with Crippen molar-refractivity contribution in [1.29, 1.82) is 0 Å². The van der Waals surface area contributed by atoms with Crippen molar-refractivity contribution in [3.63, 3.8) is 0 Å². The summed E-state index contributed by atoms with van der Waals surface area (Å²) in [6.07, 6.45) is 7.21. The number of carbonyl (C=O) groups is 1. The van der Waals surface area contributed by atoms with Gasteiger partial charge in [0.15, 0.2) is 0 Å². The molecule has 0 amide bonds. The van der Waals surface area contributed by atoms with Crippen molar-refractivity contribution in [3.8, 4) is 0 Å². The molecule has 0 N–H and O–H groups in total. The zero-order chi connectivity index (χ0) is 36.8. The van der Waals surface area contributed by atoms with Gasteiger partial charge in [0.05, 0.1) is 33.0 Å². The summed E-state index contributed by atoms with van der Waals surface area (Å²) in [6.45, 7) is 3.79. The van der Waals surface area contributed by atoms with Crippen molar-refractivity contribution < 1.29 is 33.2 Å². The van der Waals surface area contributed by atoms with Gasteiger partial charge < -0.3 is 28.4 Å². The Kier molecular flexibility index (Phi) is 18.1. The molecule has 0 bridgehead atoms. The van der Waals surface area contributed by atoms with E-state index in [-0.39, 0.29) is 19.2 Å². The first-order valence-electron chi connectivity index (χ1n) is 19.6. The van der Waals surface area contributed by atoms with E-state index in [0.29, 0.717) is 26.2 Å². The molecule has 53 heavy (non-hydrogen) atoms. The maximum Gasteiger partial charge on any atom is 0.308 e. The van der Waals surface area contributed by atoms with E-state index < -0.39 is 30.7 Å². The molecule has 7 heteroatoms. The second-order valence-corrected chi connectivity index (χ2v) is 13.9. The Balaban J connectivity index is 1.34. The summed E-state index contributed by atoms with van der Waals surface area (Å²) in [5, 5.41) is 0. The predicted molar refractivity (Wildman–Crippen MR) is 208 cm³/mol. The van der Waals surface area contributed by atoms with E-state index in [1.807, 2.05) is 121 Å². The van der Waals surface area contributed by atoms with E-state index in [1.165, 1.54) is 38.5 Å². The molecule has 0 aliphatic carbocycles. The van der Waals surface area contributed by atoms with Crippen LogP contribution in [0.3, 0.4) is 0 Å². The molecule has 1 aliphatic heterocycles. The third kappa shape index (κ3) is 14.5. The average molecular weight is 723 g/mol. The van der Waals surface area contributed by atoms with Gasteiger partial charge in [-0.2, -0.15) is 0 Å². The third-order valence-electron chi connectivity index (χ3n) is 9.57. The van der Waals surface area contributed by atoms with Crippen molar-refractivity contribution in [2.75, 3.05) is 6.61 Å². The second-order valence-electron chi connectivity index (χ2n) is 13.9. The molecule has 0 saturated carbocycles. The lowest BCUT2D eigenvalue weighted by Gasteiger charge is -2.45. The van der Waals surface area contributed by atoms with E-state index in [2.05, 4.69) is 6.92 Å². The van der Waals surface area contributed by atoms with Crippen LogP contribution in [0, 0.1) is 0 Å². The highest BCUT2D eigenvalue weighted by Gasteiger charge is 2.50. The number of rotatable bonds is 24. The van der Waals surface area contributed by atoms with Crippen LogP contribution in [0.25, 0.3) is 0 Å².